The van der Waals surface area contributed by atoms with Crippen LogP contribution in [0.4, 0.5) is 0 Å². The molecule has 1 unspecified atom stereocenters. The second-order valence-electron chi connectivity index (χ2n) is 10.2. The Labute approximate surface area is 279 Å². The van der Waals surface area contributed by atoms with E-state index < -0.39 is 64.7 Å². The highest BCUT2D eigenvalue weighted by molar-refractivity contribution is 7.85. The van der Waals surface area contributed by atoms with Crippen LogP contribution in [0.25, 0.3) is 0 Å². The standard InChI is InChI=1S/C30H23Cl4NO9S/c1-13(36)42-26-24(35-27(37)18-19(28(35)38)21(32)23(34)22(33)20(18)31)30(45(39)16-6-4-3-5-7-16)43-17-12-41-29(44-25(17)26)14-8-10-15(40-2)11-9-14/h3-11,17,24-26,29-30H,12H2,1-2H3/t17-,24-,25-,26-,29-,30+,45?/m1/s1. The van der Waals surface area contributed by atoms with E-state index in [0.717, 1.165) is 4.90 Å². The molecule has 2 fully saturated rings. The third kappa shape index (κ3) is 5.63. The van der Waals surface area contributed by atoms with Crippen LogP contribution in [0, 0.1) is 0 Å². The topological polar surface area (TPSA) is 118 Å². The monoisotopic (exact) mass is 713 g/mol. The van der Waals surface area contributed by atoms with Crippen LogP contribution in [0.5, 0.6) is 5.75 Å². The zero-order chi connectivity index (χ0) is 32.2. The Morgan fingerprint density at radius 3 is 2.04 bits per heavy atom. The zero-order valence-corrected chi connectivity index (χ0v) is 27.2. The van der Waals surface area contributed by atoms with Crippen LogP contribution in [0.3, 0.4) is 0 Å². The quantitative estimate of drug-likeness (QED) is 0.134. The van der Waals surface area contributed by atoms with Crippen molar-refractivity contribution < 1.29 is 42.3 Å². The van der Waals surface area contributed by atoms with Gasteiger partial charge in [-0.1, -0.05) is 76.7 Å². The minimum absolute atomic E-state index is 0.0562. The fourth-order valence-corrected chi connectivity index (χ4v) is 8.07. The summed E-state index contributed by atoms with van der Waals surface area (Å²) in [5.41, 5.74) is -1.38. The van der Waals surface area contributed by atoms with Gasteiger partial charge >= 0.3 is 5.97 Å². The summed E-state index contributed by atoms with van der Waals surface area (Å²) >= 11 is 25.3. The number of nitrogens with zero attached hydrogens (tertiary/aromatic N) is 1. The van der Waals surface area contributed by atoms with Gasteiger partial charge in [0.1, 0.15) is 24.0 Å². The Kier molecular flexibility index (Phi) is 9.17. The second-order valence-corrected chi connectivity index (χ2v) is 13.3. The number of esters is 1. The third-order valence-electron chi connectivity index (χ3n) is 7.61. The second kappa shape index (κ2) is 12.8. The Bertz CT molecular complexity index is 1660. The molecule has 0 aliphatic carbocycles. The normalized spacial score (nSPS) is 26.7. The molecular formula is C30H23Cl4NO9S. The summed E-state index contributed by atoms with van der Waals surface area (Å²) in [7, 11) is -0.477. The molecule has 3 aromatic carbocycles. The maximum atomic E-state index is 14.2. The predicted octanol–water partition coefficient (Wildman–Crippen LogP) is 5.85. The number of fused-ring (bicyclic) bond motifs is 2. The van der Waals surface area contributed by atoms with Crippen molar-refractivity contribution in [1.29, 1.82) is 0 Å². The van der Waals surface area contributed by atoms with E-state index in [2.05, 4.69) is 0 Å². The molecule has 10 nitrogen and oxygen atoms in total. The van der Waals surface area contributed by atoms with E-state index in [9.17, 15) is 18.6 Å². The van der Waals surface area contributed by atoms with Gasteiger partial charge in [-0.25, -0.2) is 0 Å². The lowest BCUT2D eigenvalue weighted by Crippen LogP contribution is -2.68. The molecule has 0 spiro atoms. The fourth-order valence-electron chi connectivity index (χ4n) is 5.59. The van der Waals surface area contributed by atoms with E-state index in [1.54, 1.807) is 54.6 Å². The van der Waals surface area contributed by atoms with E-state index >= 15 is 0 Å². The molecule has 7 atom stereocenters. The fraction of sp³-hybridized carbons (Fsp3) is 0.300. The first-order chi connectivity index (χ1) is 21.5. The van der Waals surface area contributed by atoms with Gasteiger partial charge in [0.05, 0.1) is 55.7 Å². The van der Waals surface area contributed by atoms with Crippen molar-refractivity contribution in [1.82, 2.24) is 4.90 Å². The minimum atomic E-state index is -2.01. The average Bonchev–Trinajstić information content (AvgIpc) is 3.31. The van der Waals surface area contributed by atoms with Gasteiger partial charge in [0.25, 0.3) is 11.8 Å². The molecule has 15 heteroatoms. The summed E-state index contributed by atoms with van der Waals surface area (Å²) in [6, 6.07) is 13.7. The molecule has 3 aliphatic rings. The molecule has 0 aromatic heterocycles. The van der Waals surface area contributed by atoms with Crippen LogP contribution in [0.1, 0.15) is 39.5 Å². The Morgan fingerprint density at radius 1 is 0.889 bits per heavy atom. The van der Waals surface area contributed by atoms with E-state index in [1.165, 1.54) is 14.0 Å². The molecule has 0 radical (unpaired) electrons. The summed E-state index contributed by atoms with van der Waals surface area (Å²) in [5, 5.41) is -1.02. The lowest BCUT2D eigenvalue weighted by molar-refractivity contribution is -0.311. The van der Waals surface area contributed by atoms with Gasteiger partial charge in [-0.2, -0.15) is 0 Å². The average molecular weight is 715 g/mol. The Morgan fingerprint density at radius 2 is 1.49 bits per heavy atom. The number of benzene rings is 3. The Balaban J connectivity index is 1.46. The van der Waals surface area contributed by atoms with Crippen molar-refractivity contribution in [3.63, 3.8) is 0 Å². The Hall–Kier alpha value is -2.74. The number of amides is 2. The van der Waals surface area contributed by atoms with Crippen molar-refractivity contribution in [2.24, 2.45) is 0 Å². The van der Waals surface area contributed by atoms with Crippen molar-refractivity contribution in [2.75, 3.05) is 13.7 Å². The van der Waals surface area contributed by atoms with Gasteiger partial charge in [0.15, 0.2) is 17.8 Å². The number of carbonyl (C=O) groups is 3. The minimum Gasteiger partial charge on any atom is -0.497 e. The number of carbonyl (C=O) groups excluding carboxylic acids is 3. The van der Waals surface area contributed by atoms with Gasteiger partial charge in [-0.15, -0.1) is 0 Å². The van der Waals surface area contributed by atoms with E-state index in [-0.39, 0.29) is 37.8 Å². The third-order valence-corrected chi connectivity index (χ3v) is 11.0. The number of rotatable bonds is 6. The van der Waals surface area contributed by atoms with Crippen molar-refractivity contribution in [2.45, 2.75) is 47.9 Å². The number of hydrogen-bond donors (Lipinski definition) is 0. The first kappa shape index (κ1) is 32.2. The molecule has 0 N–H and O–H groups in total. The van der Waals surface area contributed by atoms with Gasteiger partial charge in [-0.05, 0) is 24.3 Å². The SMILES string of the molecule is COc1ccc([C@@H]2OC[C@H]3O[C@@H](S(=O)c4ccccc4)[C@H](N4C(=O)c5c(Cl)c(Cl)c(Cl)c(Cl)c5C4=O)[C@@H](OC(C)=O)[C@@H]3O2)cc1. The van der Waals surface area contributed by atoms with Crippen LogP contribution in [0.15, 0.2) is 59.5 Å². The van der Waals surface area contributed by atoms with Gasteiger partial charge in [-0.3, -0.25) is 23.5 Å². The van der Waals surface area contributed by atoms with E-state index in [4.69, 9.17) is 70.1 Å². The van der Waals surface area contributed by atoms with Crippen molar-refractivity contribution in [3.8, 4) is 5.75 Å². The van der Waals surface area contributed by atoms with Crippen LogP contribution in [0.2, 0.25) is 20.1 Å². The highest BCUT2D eigenvalue weighted by Crippen LogP contribution is 2.47. The van der Waals surface area contributed by atoms with Crippen LogP contribution in [-0.4, -0.2) is 70.4 Å². The summed E-state index contributed by atoms with van der Waals surface area (Å²) < 4.78 is 43.8. The van der Waals surface area contributed by atoms with Gasteiger partial charge < -0.3 is 23.7 Å². The van der Waals surface area contributed by atoms with Crippen molar-refractivity contribution >= 4 is 75.0 Å². The molecule has 6 rings (SSSR count). The summed E-state index contributed by atoms with van der Waals surface area (Å²) in [5.74, 6) is -1.97. The smallest absolute Gasteiger partial charge is 0.303 e. The molecule has 2 amide bonds. The molecule has 3 heterocycles. The highest BCUT2D eigenvalue weighted by atomic mass is 35.5. The van der Waals surface area contributed by atoms with Gasteiger partial charge in [0.2, 0.25) is 0 Å². The first-order valence-corrected chi connectivity index (χ1v) is 16.2. The zero-order valence-electron chi connectivity index (χ0n) is 23.4. The van der Waals surface area contributed by atoms with Crippen LogP contribution in [-0.2, 0) is 34.5 Å². The first-order valence-electron chi connectivity index (χ1n) is 13.5. The predicted molar refractivity (Wildman–Crippen MR) is 164 cm³/mol. The number of halogens is 4. The number of hydrogen-bond acceptors (Lipinski definition) is 9. The summed E-state index contributed by atoms with van der Waals surface area (Å²) in [4.78, 5) is 41.9. The van der Waals surface area contributed by atoms with Crippen LogP contribution >= 0.6 is 46.4 Å². The highest BCUT2D eigenvalue weighted by Gasteiger charge is 2.59. The lowest BCUT2D eigenvalue weighted by atomic mass is 9.95. The lowest BCUT2D eigenvalue weighted by Gasteiger charge is -2.50. The molecule has 0 bridgehead atoms. The van der Waals surface area contributed by atoms with Crippen molar-refractivity contribution in [3.05, 3.63) is 91.4 Å². The van der Waals surface area contributed by atoms with E-state index in [0.29, 0.717) is 16.2 Å². The molecule has 2 saturated heterocycles. The molecule has 3 aromatic rings. The molecular weight excluding hydrogens is 692 g/mol. The number of imide groups is 1. The maximum Gasteiger partial charge on any atom is 0.303 e. The molecule has 236 valence electrons. The van der Waals surface area contributed by atoms with Crippen LogP contribution < -0.4 is 4.74 Å². The molecule has 45 heavy (non-hydrogen) atoms. The largest absolute Gasteiger partial charge is 0.497 e. The molecule has 0 saturated carbocycles. The van der Waals surface area contributed by atoms with Gasteiger partial charge in [0, 0.05) is 17.4 Å². The maximum absolute atomic E-state index is 14.2. The summed E-state index contributed by atoms with van der Waals surface area (Å²) in [6.45, 7) is 1.11. The van der Waals surface area contributed by atoms with E-state index in [1.807, 2.05) is 0 Å². The number of methoxy groups -OCH3 is 1. The number of ether oxygens (including phenoxy) is 5. The molecule has 3 aliphatic heterocycles. The summed E-state index contributed by atoms with van der Waals surface area (Å²) in [6.07, 6.45) is -4.30.